The predicted molar refractivity (Wildman–Crippen MR) is 123 cm³/mol. The Hall–Kier alpha value is -0.990. The minimum absolute atomic E-state index is 0. The van der Waals surface area contributed by atoms with Gasteiger partial charge in [0.1, 0.15) is 12.4 Å². The molecule has 0 aliphatic rings. The van der Waals surface area contributed by atoms with Gasteiger partial charge in [-0.3, -0.25) is 10.2 Å². The molecule has 0 saturated carbocycles. The van der Waals surface area contributed by atoms with Crippen molar-refractivity contribution in [3.8, 4) is 0 Å². The number of halogens is 2. The molecular formula is C23H24F2N3Na2O7P. The number of hydrogen-bond acceptors (Lipinski definition) is 9. The number of aliphatic hydroxyl groups excluding tert-OH is 1. The molecule has 1 heterocycles. The molecule has 0 unspecified atom stereocenters. The monoisotopic (exact) mass is 569 g/mol. The number of phosphoric acid groups is 1. The molecule has 1 amide bonds. The van der Waals surface area contributed by atoms with E-state index < -0.39 is 44.3 Å². The van der Waals surface area contributed by atoms with Crippen LogP contribution >= 0.6 is 7.82 Å². The summed E-state index contributed by atoms with van der Waals surface area (Å²) in [5.41, 5.74) is 0.0154. The number of likely N-dealkylation sites (N-methyl/N-ethyl adjacent to an activating group) is 1. The predicted octanol–water partition coefficient (Wildman–Crippen LogP) is -3.83. The van der Waals surface area contributed by atoms with E-state index in [4.69, 9.17) is 4.74 Å². The van der Waals surface area contributed by atoms with E-state index in [1.54, 1.807) is 12.3 Å². The first kappa shape index (κ1) is 35.0. The molecule has 3 aromatic rings. The van der Waals surface area contributed by atoms with Crippen molar-refractivity contribution in [2.75, 3.05) is 25.6 Å². The molecule has 38 heavy (non-hydrogen) atoms. The quantitative estimate of drug-likeness (QED) is 0.175. The van der Waals surface area contributed by atoms with E-state index in [9.17, 15) is 33.0 Å². The number of anilines is 1. The summed E-state index contributed by atoms with van der Waals surface area (Å²) in [5.74, 6) is -1.85. The standard InChI is InChI=1S/C23H26F2N3O7P.2Na/c1-28(12-17-7-4-8-20(24)22(17)25)18(10-19(29)14-35-36(31,32)33)13-34-23(30)27-21-9-15-5-2-3-6-16(15)11-26-21;;/h2-9,11,18-19,29H,10,12-14H2,1H3,(H,26,27,30)(H2,31,32,33);;/q;2*+1/p-2/t18-,19-;;/m0../s1. The number of carbonyl (C=O) groups excluding carboxylic acids is 1. The van der Waals surface area contributed by atoms with E-state index in [0.29, 0.717) is 0 Å². The molecule has 2 aromatic carbocycles. The molecule has 0 radical (unpaired) electrons. The van der Waals surface area contributed by atoms with Gasteiger partial charge in [0.25, 0.3) is 0 Å². The van der Waals surface area contributed by atoms with E-state index in [1.807, 2.05) is 24.3 Å². The molecule has 0 aliphatic carbocycles. The number of benzene rings is 2. The topological polar surface area (TPSA) is 147 Å². The summed E-state index contributed by atoms with van der Waals surface area (Å²) in [6.07, 6.45) is -0.923. The van der Waals surface area contributed by atoms with Crippen LogP contribution in [0.5, 0.6) is 0 Å². The molecule has 2 N–H and O–H groups in total. The number of carbonyl (C=O) groups is 1. The van der Waals surface area contributed by atoms with Crippen molar-refractivity contribution >= 4 is 30.5 Å². The van der Waals surface area contributed by atoms with Gasteiger partial charge in [-0.2, -0.15) is 0 Å². The molecule has 15 heteroatoms. The van der Waals surface area contributed by atoms with Gasteiger partial charge in [-0.15, -0.1) is 0 Å². The summed E-state index contributed by atoms with van der Waals surface area (Å²) in [6, 6.07) is 11.9. The van der Waals surface area contributed by atoms with Crippen molar-refractivity contribution in [3.05, 3.63) is 71.9 Å². The Bertz CT molecular complexity index is 1250. The van der Waals surface area contributed by atoms with Crippen LogP contribution in [0, 0.1) is 11.6 Å². The Morgan fingerprint density at radius 2 is 1.82 bits per heavy atom. The summed E-state index contributed by atoms with van der Waals surface area (Å²) in [4.78, 5) is 39.4. The maximum atomic E-state index is 14.1. The minimum Gasteiger partial charge on any atom is -0.790 e. The molecule has 0 saturated heterocycles. The summed E-state index contributed by atoms with van der Waals surface area (Å²) in [7, 11) is -3.79. The fourth-order valence-electron chi connectivity index (χ4n) is 3.47. The fourth-order valence-corrected chi connectivity index (χ4v) is 3.82. The summed E-state index contributed by atoms with van der Waals surface area (Å²) >= 11 is 0. The number of nitrogens with one attached hydrogen (secondary N) is 1. The summed E-state index contributed by atoms with van der Waals surface area (Å²) < 4.78 is 47.8. The summed E-state index contributed by atoms with van der Waals surface area (Å²) in [5, 5.41) is 14.3. The third-order valence-electron chi connectivity index (χ3n) is 5.31. The van der Waals surface area contributed by atoms with Crippen LogP contribution in [0.2, 0.25) is 0 Å². The number of aromatic nitrogens is 1. The van der Waals surface area contributed by atoms with Crippen molar-refractivity contribution in [2.24, 2.45) is 0 Å². The second-order valence-electron chi connectivity index (χ2n) is 8.05. The normalized spacial score (nSPS) is 12.8. The maximum absolute atomic E-state index is 14.1. The van der Waals surface area contributed by atoms with E-state index in [2.05, 4.69) is 14.8 Å². The average molecular weight is 569 g/mol. The van der Waals surface area contributed by atoms with Gasteiger partial charge in [0, 0.05) is 29.7 Å². The van der Waals surface area contributed by atoms with Crippen LogP contribution in [-0.2, 0) is 20.4 Å². The first-order valence-electron chi connectivity index (χ1n) is 10.8. The van der Waals surface area contributed by atoms with Crippen LogP contribution in [0.3, 0.4) is 0 Å². The first-order valence-corrected chi connectivity index (χ1v) is 12.2. The average Bonchev–Trinajstić information content (AvgIpc) is 2.82. The molecular weight excluding hydrogens is 545 g/mol. The van der Waals surface area contributed by atoms with Crippen molar-refractivity contribution < 1.29 is 101 Å². The van der Waals surface area contributed by atoms with E-state index in [-0.39, 0.29) is 90.1 Å². The molecule has 3 rings (SSSR count). The second kappa shape index (κ2) is 16.3. The van der Waals surface area contributed by atoms with Gasteiger partial charge in [-0.25, -0.2) is 18.6 Å². The number of pyridine rings is 1. The number of phosphoric ester groups is 1. The Labute approximate surface area is 262 Å². The smallest absolute Gasteiger partial charge is 0.790 e. The molecule has 0 spiro atoms. The molecule has 1 aromatic heterocycles. The molecule has 10 nitrogen and oxygen atoms in total. The molecule has 0 aliphatic heterocycles. The second-order valence-corrected chi connectivity index (χ2v) is 9.21. The van der Waals surface area contributed by atoms with Gasteiger partial charge in [0.05, 0.1) is 20.5 Å². The Kier molecular flexibility index (Phi) is 15.0. The number of nitrogens with zero attached hydrogens (tertiary/aromatic N) is 2. The SMILES string of the molecule is CN(Cc1cccc(F)c1F)[C@H](COC(=O)Nc1cc2ccccc2cn1)C[C@H](O)COP(=O)([O-])[O-].[Na+].[Na+]. The summed E-state index contributed by atoms with van der Waals surface area (Å²) in [6.45, 7) is -1.26. The van der Waals surface area contributed by atoms with Gasteiger partial charge in [0.15, 0.2) is 11.6 Å². The Morgan fingerprint density at radius 1 is 1.13 bits per heavy atom. The molecule has 0 fully saturated rings. The zero-order chi connectivity index (χ0) is 26.3. The largest absolute Gasteiger partial charge is 1.00 e. The maximum Gasteiger partial charge on any atom is 1.00 e. The van der Waals surface area contributed by atoms with Crippen LogP contribution in [0.4, 0.5) is 19.4 Å². The Morgan fingerprint density at radius 3 is 2.50 bits per heavy atom. The van der Waals surface area contributed by atoms with Crippen LogP contribution in [0.1, 0.15) is 12.0 Å². The van der Waals surface area contributed by atoms with E-state index in [1.165, 1.54) is 24.1 Å². The fraction of sp³-hybridized carbons (Fsp3) is 0.304. The van der Waals surface area contributed by atoms with Gasteiger partial charge in [0.2, 0.25) is 0 Å². The van der Waals surface area contributed by atoms with Crippen LogP contribution in [0.25, 0.3) is 10.8 Å². The van der Waals surface area contributed by atoms with Crippen molar-refractivity contribution in [2.45, 2.75) is 25.1 Å². The van der Waals surface area contributed by atoms with Crippen LogP contribution < -0.4 is 74.2 Å². The third kappa shape index (κ3) is 11.2. The molecule has 2 atom stereocenters. The van der Waals surface area contributed by atoms with Gasteiger partial charge in [-0.05, 0) is 31.0 Å². The Balaban J connectivity index is 0.00000361. The van der Waals surface area contributed by atoms with E-state index in [0.717, 1.165) is 16.8 Å². The van der Waals surface area contributed by atoms with E-state index >= 15 is 0 Å². The number of ether oxygens (including phenoxy) is 1. The van der Waals surface area contributed by atoms with Crippen molar-refractivity contribution in [1.82, 2.24) is 9.88 Å². The third-order valence-corrected chi connectivity index (χ3v) is 5.78. The van der Waals surface area contributed by atoms with Gasteiger partial charge < -0.3 is 28.7 Å². The molecule has 194 valence electrons. The molecule has 0 bridgehead atoms. The zero-order valence-electron chi connectivity index (χ0n) is 21.2. The number of hydrogen-bond donors (Lipinski definition) is 2. The van der Waals surface area contributed by atoms with Crippen LogP contribution in [-0.4, -0.2) is 53.5 Å². The minimum atomic E-state index is -5.31. The van der Waals surface area contributed by atoms with Gasteiger partial charge in [-0.1, -0.05) is 36.4 Å². The first-order chi connectivity index (χ1) is 17.0. The number of fused-ring (bicyclic) bond motifs is 1. The number of rotatable bonds is 11. The number of amides is 1. The van der Waals surface area contributed by atoms with Crippen LogP contribution in [0.15, 0.2) is 54.7 Å². The number of aliphatic hydroxyl groups is 1. The zero-order valence-corrected chi connectivity index (χ0v) is 26.1. The van der Waals surface area contributed by atoms with Crippen molar-refractivity contribution in [1.29, 1.82) is 0 Å². The van der Waals surface area contributed by atoms with Crippen molar-refractivity contribution in [3.63, 3.8) is 0 Å². The van der Waals surface area contributed by atoms with Gasteiger partial charge >= 0.3 is 65.2 Å².